The van der Waals surface area contributed by atoms with Crippen molar-refractivity contribution in [1.29, 1.82) is 0 Å². The second-order valence-corrected chi connectivity index (χ2v) is 17.8. The number of rotatable bonds is 6. The summed E-state index contributed by atoms with van der Waals surface area (Å²) in [6, 6.07) is 87.5. The monoisotopic (exact) mass is 817 g/mol. The summed E-state index contributed by atoms with van der Waals surface area (Å²) in [7, 11) is 0. The molecule has 0 aliphatic heterocycles. The summed E-state index contributed by atoms with van der Waals surface area (Å²) in [4.78, 5) is 2.37. The van der Waals surface area contributed by atoms with Crippen molar-refractivity contribution in [2.75, 3.05) is 4.90 Å². The lowest BCUT2D eigenvalue weighted by molar-refractivity contribution is 0.796. The molecule has 294 valence electrons. The molecule has 0 saturated heterocycles. The highest BCUT2D eigenvalue weighted by molar-refractivity contribution is 7.26. The van der Waals surface area contributed by atoms with E-state index in [0.717, 1.165) is 17.1 Å². The molecule has 1 spiro atoms. The van der Waals surface area contributed by atoms with E-state index >= 15 is 0 Å². The molecule has 13 rings (SSSR count). The summed E-state index contributed by atoms with van der Waals surface area (Å²) in [5, 5.41) is 2.71. The Morgan fingerprint density at radius 3 is 1.41 bits per heavy atom. The molecule has 2 heteroatoms. The van der Waals surface area contributed by atoms with Gasteiger partial charge < -0.3 is 4.90 Å². The fourth-order valence-corrected chi connectivity index (χ4v) is 12.0. The van der Waals surface area contributed by atoms with Crippen LogP contribution < -0.4 is 4.90 Å². The molecule has 63 heavy (non-hydrogen) atoms. The number of hydrogen-bond acceptors (Lipinski definition) is 2. The number of thiophene rings is 1. The van der Waals surface area contributed by atoms with Gasteiger partial charge in [0.1, 0.15) is 0 Å². The molecule has 0 saturated carbocycles. The van der Waals surface area contributed by atoms with Crippen molar-refractivity contribution in [2.45, 2.75) is 5.41 Å². The van der Waals surface area contributed by atoms with Crippen molar-refractivity contribution in [3.05, 3.63) is 259 Å². The minimum atomic E-state index is -0.475. The molecule has 2 aliphatic rings. The first-order valence-corrected chi connectivity index (χ1v) is 22.6. The van der Waals surface area contributed by atoms with E-state index in [1.807, 2.05) is 11.3 Å². The van der Waals surface area contributed by atoms with Gasteiger partial charge in [-0.05, 0) is 126 Å². The molecule has 11 aromatic rings. The molecule has 1 atom stereocenters. The lowest BCUT2D eigenvalue weighted by atomic mass is 9.68. The number of anilines is 3. The van der Waals surface area contributed by atoms with Gasteiger partial charge in [-0.1, -0.05) is 188 Å². The Balaban J connectivity index is 0.982. The zero-order valence-electron chi connectivity index (χ0n) is 34.4. The first-order chi connectivity index (χ1) is 31.3. The molecule has 0 bridgehead atoms. The fourth-order valence-electron chi connectivity index (χ4n) is 10.8. The first kappa shape index (κ1) is 35.9. The molecular formula is C61H39NS. The van der Waals surface area contributed by atoms with Crippen molar-refractivity contribution in [2.24, 2.45) is 0 Å². The minimum absolute atomic E-state index is 0.475. The fraction of sp³-hybridized carbons (Fsp3) is 0.0164. The average molecular weight is 818 g/mol. The van der Waals surface area contributed by atoms with Gasteiger partial charge in [0.15, 0.2) is 0 Å². The van der Waals surface area contributed by atoms with Gasteiger partial charge in [-0.15, -0.1) is 11.3 Å². The Hall–Kier alpha value is -7.78. The van der Waals surface area contributed by atoms with Crippen LogP contribution in [0, 0.1) is 0 Å². The van der Waals surface area contributed by atoms with Crippen LogP contribution in [0.2, 0.25) is 0 Å². The highest BCUT2D eigenvalue weighted by atomic mass is 32.1. The maximum atomic E-state index is 2.45. The summed E-state index contributed by atoms with van der Waals surface area (Å²) in [6.07, 6.45) is 0. The van der Waals surface area contributed by atoms with E-state index in [-0.39, 0.29) is 0 Å². The van der Waals surface area contributed by atoms with Crippen molar-refractivity contribution in [1.82, 2.24) is 0 Å². The third-order valence-electron chi connectivity index (χ3n) is 13.5. The summed E-state index contributed by atoms with van der Waals surface area (Å²) in [5.41, 5.74) is 20.9. The highest BCUT2D eigenvalue weighted by Gasteiger charge is 2.53. The minimum Gasteiger partial charge on any atom is -0.311 e. The molecule has 1 nitrogen and oxygen atoms in total. The predicted molar refractivity (Wildman–Crippen MR) is 267 cm³/mol. The van der Waals surface area contributed by atoms with E-state index < -0.39 is 5.41 Å². The van der Waals surface area contributed by atoms with Gasteiger partial charge in [-0.3, -0.25) is 0 Å². The Morgan fingerprint density at radius 2 is 0.778 bits per heavy atom. The molecule has 0 amide bonds. The van der Waals surface area contributed by atoms with Gasteiger partial charge in [0.2, 0.25) is 0 Å². The standard InChI is InChI=1S/C61H39NS/c1-3-14-40(15-4-1)42-26-32-45(33-27-42)62(46-34-28-43(29-35-46)41-16-5-2-6-17-41)47-36-30-44(31-37-47)48-21-13-22-50-49-18-7-10-23-53(49)61(60(48)50)54-24-11-8-19-51(54)58-55(61)38-39-57-59(58)52-20-9-12-25-56(52)63-57/h1-39H. The zero-order valence-corrected chi connectivity index (χ0v) is 35.2. The van der Waals surface area contributed by atoms with Crippen LogP contribution in [-0.4, -0.2) is 0 Å². The lowest BCUT2D eigenvalue weighted by Gasteiger charge is -2.32. The highest BCUT2D eigenvalue weighted by Crippen LogP contribution is 2.66. The molecule has 0 N–H and O–H groups in total. The summed E-state index contributed by atoms with van der Waals surface area (Å²) in [6.45, 7) is 0. The van der Waals surface area contributed by atoms with Crippen LogP contribution in [0.5, 0.6) is 0 Å². The third kappa shape index (κ3) is 5.35. The van der Waals surface area contributed by atoms with Crippen molar-refractivity contribution in [3.8, 4) is 55.6 Å². The maximum absolute atomic E-state index is 2.45. The topological polar surface area (TPSA) is 3.24 Å². The maximum Gasteiger partial charge on any atom is 0.0731 e. The second-order valence-electron chi connectivity index (χ2n) is 16.7. The molecule has 1 unspecified atom stereocenters. The van der Waals surface area contributed by atoms with Crippen molar-refractivity contribution < 1.29 is 0 Å². The van der Waals surface area contributed by atoms with Crippen LogP contribution in [0.25, 0.3) is 75.8 Å². The summed E-state index contributed by atoms with van der Waals surface area (Å²) in [5.74, 6) is 0. The van der Waals surface area contributed by atoms with Crippen LogP contribution in [0.15, 0.2) is 237 Å². The van der Waals surface area contributed by atoms with Gasteiger partial charge in [0, 0.05) is 37.2 Å². The van der Waals surface area contributed by atoms with E-state index in [1.54, 1.807) is 0 Å². The summed E-state index contributed by atoms with van der Waals surface area (Å²) >= 11 is 1.90. The Labute approximate surface area is 371 Å². The van der Waals surface area contributed by atoms with Gasteiger partial charge in [0.05, 0.1) is 5.41 Å². The van der Waals surface area contributed by atoms with E-state index in [1.165, 1.54) is 98.1 Å². The number of hydrogen-bond donors (Lipinski definition) is 0. The van der Waals surface area contributed by atoms with E-state index in [2.05, 4.69) is 241 Å². The average Bonchev–Trinajstić information content (AvgIpc) is 3.99. The zero-order chi connectivity index (χ0) is 41.5. The number of fused-ring (bicyclic) bond motifs is 14. The SMILES string of the molecule is c1ccc(-c2ccc(N(c3ccc(-c4ccccc4)cc3)c3ccc(-c4cccc5c4C4(c6ccccc6-5)c5ccccc5-c5c4ccc4sc6ccccc6c54)cc3)cc2)cc1. The third-order valence-corrected chi connectivity index (χ3v) is 14.6. The van der Waals surface area contributed by atoms with Crippen LogP contribution >= 0.6 is 11.3 Å². The van der Waals surface area contributed by atoms with Gasteiger partial charge in [0.25, 0.3) is 0 Å². The molecule has 2 aliphatic carbocycles. The van der Waals surface area contributed by atoms with Crippen LogP contribution in [-0.2, 0) is 5.41 Å². The van der Waals surface area contributed by atoms with E-state index in [9.17, 15) is 0 Å². The van der Waals surface area contributed by atoms with Gasteiger partial charge in [-0.25, -0.2) is 0 Å². The lowest BCUT2D eigenvalue weighted by Crippen LogP contribution is -2.26. The van der Waals surface area contributed by atoms with Gasteiger partial charge in [-0.2, -0.15) is 0 Å². The first-order valence-electron chi connectivity index (χ1n) is 21.8. The predicted octanol–water partition coefficient (Wildman–Crippen LogP) is 16.9. The number of benzene rings is 10. The second kappa shape index (κ2) is 14.1. The largest absolute Gasteiger partial charge is 0.311 e. The molecule has 10 aromatic carbocycles. The van der Waals surface area contributed by atoms with Crippen molar-refractivity contribution in [3.63, 3.8) is 0 Å². The van der Waals surface area contributed by atoms with Crippen LogP contribution in [0.1, 0.15) is 22.3 Å². The molecule has 1 aromatic heterocycles. The Kier molecular flexibility index (Phi) is 8.06. The van der Waals surface area contributed by atoms with Crippen molar-refractivity contribution >= 4 is 48.6 Å². The Bertz CT molecular complexity index is 3450. The molecule has 0 fully saturated rings. The Morgan fingerprint density at radius 1 is 0.302 bits per heavy atom. The van der Waals surface area contributed by atoms with Gasteiger partial charge >= 0.3 is 0 Å². The number of nitrogens with zero attached hydrogens (tertiary/aromatic N) is 1. The smallest absolute Gasteiger partial charge is 0.0731 e. The van der Waals surface area contributed by atoms with E-state index in [4.69, 9.17) is 0 Å². The molecular weight excluding hydrogens is 779 g/mol. The van der Waals surface area contributed by atoms with E-state index in [0.29, 0.717) is 0 Å². The quantitative estimate of drug-likeness (QED) is 0.162. The molecule has 1 heterocycles. The normalized spacial score (nSPS) is 14.4. The van der Waals surface area contributed by atoms with Crippen LogP contribution in [0.4, 0.5) is 17.1 Å². The van der Waals surface area contributed by atoms with Crippen LogP contribution in [0.3, 0.4) is 0 Å². The summed E-state index contributed by atoms with van der Waals surface area (Å²) < 4.78 is 2.67. The molecule has 0 radical (unpaired) electrons.